The number of Topliss-reactive ketones (excluding diaryl/α,β-unsaturated/α-hetero) is 1. The quantitative estimate of drug-likeness (QED) is 0.426. The molecule has 3 aromatic rings. The van der Waals surface area contributed by atoms with Crippen molar-refractivity contribution in [3.8, 4) is 0 Å². The van der Waals surface area contributed by atoms with Crippen LogP contribution in [0.2, 0.25) is 0 Å². The number of nitrogens with one attached hydrogen (secondary N) is 2. The van der Waals surface area contributed by atoms with Crippen LogP contribution >= 0.6 is 0 Å². The van der Waals surface area contributed by atoms with Crippen molar-refractivity contribution < 1.29 is 23.5 Å². The predicted octanol–water partition coefficient (Wildman–Crippen LogP) is 2.74. The molecule has 3 rings (SSSR count). The lowest BCUT2D eigenvalue weighted by molar-refractivity contribution is -0.141. The zero-order valence-corrected chi connectivity index (χ0v) is 18.7. The maximum absolute atomic E-state index is 13.4. The van der Waals surface area contributed by atoms with E-state index in [1.807, 2.05) is 30.3 Å². The number of benzene rings is 2. The number of amides is 2. The van der Waals surface area contributed by atoms with Crippen LogP contribution in [0.15, 0.2) is 79.0 Å². The molecule has 1 heterocycles. The van der Waals surface area contributed by atoms with Crippen molar-refractivity contribution in [1.82, 2.24) is 15.6 Å². The molecule has 34 heavy (non-hydrogen) atoms. The van der Waals surface area contributed by atoms with Gasteiger partial charge in [-0.3, -0.25) is 19.4 Å². The van der Waals surface area contributed by atoms with E-state index >= 15 is 0 Å². The highest BCUT2D eigenvalue weighted by Gasteiger charge is 2.29. The van der Waals surface area contributed by atoms with E-state index in [9.17, 15) is 18.8 Å². The van der Waals surface area contributed by atoms with Gasteiger partial charge in [-0.2, -0.15) is 0 Å². The molecule has 0 spiro atoms. The number of aromatic nitrogens is 1. The Labute approximate surface area is 197 Å². The molecule has 2 atom stereocenters. The normalized spacial score (nSPS) is 12.4. The van der Waals surface area contributed by atoms with Crippen LogP contribution in [0.4, 0.5) is 4.39 Å². The largest absolute Gasteiger partial charge is 0.364 e. The maximum Gasteiger partial charge on any atom is 0.289 e. The summed E-state index contributed by atoms with van der Waals surface area (Å²) in [6.07, 6.45) is 0.803. The van der Waals surface area contributed by atoms with Crippen molar-refractivity contribution in [2.24, 2.45) is 0 Å². The van der Waals surface area contributed by atoms with Crippen molar-refractivity contribution in [1.29, 1.82) is 0 Å². The lowest BCUT2D eigenvalue weighted by Crippen LogP contribution is -2.51. The molecule has 0 radical (unpaired) electrons. The summed E-state index contributed by atoms with van der Waals surface area (Å²) in [6.45, 7) is 1.64. The van der Waals surface area contributed by atoms with E-state index in [1.165, 1.54) is 19.1 Å². The lowest BCUT2D eigenvalue weighted by Gasteiger charge is -2.20. The summed E-state index contributed by atoms with van der Waals surface area (Å²) < 4.78 is 18.9. The second kappa shape index (κ2) is 12.4. The number of hydrogen-bond acceptors (Lipinski definition) is 5. The molecule has 0 saturated carbocycles. The Bertz CT molecular complexity index is 1110. The summed E-state index contributed by atoms with van der Waals surface area (Å²) in [5.74, 6) is -2.54. The Balaban J connectivity index is 1.63. The number of carbonyl (C=O) groups excluding carboxylic acids is 3. The third kappa shape index (κ3) is 7.60. The van der Waals surface area contributed by atoms with Gasteiger partial charge in [-0.15, -0.1) is 0 Å². The molecule has 1 aromatic heterocycles. The van der Waals surface area contributed by atoms with Gasteiger partial charge in [0.25, 0.3) is 5.91 Å². The molecule has 0 fully saturated rings. The average Bonchev–Trinajstić information content (AvgIpc) is 2.86. The minimum atomic E-state index is -1.08. The van der Waals surface area contributed by atoms with Crippen molar-refractivity contribution in [3.05, 3.63) is 102 Å². The smallest absolute Gasteiger partial charge is 0.289 e. The Morgan fingerprint density at radius 1 is 0.971 bits per heavy atom. The van der Waals surface area contributed by atoms with E-state index in [4.69, 9.17) is 4.74 Å². The average molecular weight is 464 g/mol. The second-order valence-corrected chi connectivity index (χ2v) is 7.70. The van der Waals surface area contributed by atoms with Crippen LogP contribution in [0.3, 0.4) is 0 Å². The van der Waals surface area contributed by atoms with Crippen LogP contribution in [0.25, 0.3) is 0 Å². The highest BCUT2D eigenvalue weighted by Crippen LogP contribution is 2.09. The molecule has 2 N–H and O–H groups in total. The molecule has 7 nitrogen and oxygen atoms in total. The Morgan fingerprint density at radius 3 is 2.41 bits per heavy atom. The van der Waals surface area contributed by atoms with Gasteiger partial charge in [0.15, 0.2) is 0 Å². The molecule has 0 aliphatic heterocycles. The van der Waals surface area contributed by atoms with Gasteiger partial charge in [-0.05, 0) is 42.3 Å². The number of rotatable bonds is 11. The van der Waals surface area contributed by atoms with E-state index in [1.54, 1.807) is 36.5 Å². The first-order valence-corrected chi connectivity index (χ1v) is 10.8. The standard InChI is InChI=1S/C26H26FN3O4/c1-18(34-17-20-10-7-11-21(27)14-20)25(32)30-23(15-19-8-3-2-4-9-19)24(31)26(33)29-16-22-12-5-6-13-28-22/h2-14,18,23H,15-17H2,1H3,(H,29,33)(H,30,32)/t18-,23-/m1/s1. The van der Waals surface area contributed by atoms with E-state index < -0.39 is 35.6 Å². The Kier molecular flexibility index (Phi) is 8.99. The summed E-state index contributed by atoms with van der Waals surface area (Å²) in [6, 6.07) is 19.1. The van der Waals surface area contributed by atoms with Crippen molar-refractivity contribution >= 4 is 17.6 Å². The maximum atomic E-state index is 13.4. The molecule has 0 saturated heterocycles. The molecular weight excluding hydrogens is 437 g/mol. The molecule has 0 bridgehead atoms. The Morgan fingerprint density at radius 2 is 1.71 bits per heavy atom. The van der Waals surface area contributed by atoms with Gasteiger partial charge in [0.05, 0.1) is 18.8 Å². The SMILES string of the molecule is C[C@@H](OCc1cccc(F)c1)C(=O)N[C@H](Cc1ccccc1)C(=O)C(=O)NCc1ccccn1. The van der Waals surface area contributed by atoms with Crippen LogP contribution in [0, 0.1) is 5.82 Å². The highest BCUT2D eigenvalue weighted by molar-refractivity contribution is 6.38. The minimum absolute atomic E-state index is 0.0220. The zero-order chi connectivity index (χ0) is 24.3. The van der Waals surface area contributed by atoms with Gasteiger partial charge >= 0.3 is 0 Å². The van der Waals surface area contributed by atoms with Gasteiger partial charge in [0, 0.05) is 12.6 Å². The van der Waals surface area contributed by atoms with E-state index in [0.717, 1.165) is 5.56 Å². The van der Waals surface area contributed by atoms with Crippen molar-refractivity contribution in [2.75, 3.05) is 0 Å². The first-order valence-electron chi connectivity index (χ1n) is 10.8. The first-order chi connectivity index (χ1) is 16.4. The van der Waals surface area contributed by atoms with Crippen LogP contribution in [0.1, 0.15) is 23.7 Å². The fourth-order valence-corrected chi connectivity index (χ4v) is 3.19. The van der Waals surface area contributed by atoms with Crippen LogP contribution < -0.4 is 10.6 Å². The monoisotopic (exact) mass is 463 g/mol. The number of halogens is 1. The molecule has 0 unspecified atom stereocenters. The van der Waals surface area contributed by atoms with Gasteiger partial charge in [0.2, 0.25) is 11.7 Å². The minimum Gasteiger partial charge on any atom is -0.364 e. The summed E-state index contributed by atoms with van der Waals surface area (Å²) >= 11 is 0. The van der Waals surface area contributed by atoms with Gasteiger partial charge in [0.1, 0.15) is 18.0 Å². The molecule has 176 valence electrons. The number of hydrogen-bond donors (Lipinski definition) is 2. The fraction of sp³-hybridized carbons (Fsp3) is 0.231. The van der Waals surface area contributed by atoms with Gasteiger partial charge in [-0.25, -0.2) is 4.39 Å². The summed E-state index contributed by atoms with van der Waals surface area (Å²) in [4.78, 5) is 42.3. The third-order valence-electron chi connectivity index (χ3n) is 5.05. The summed E-state index contributed by atoms with van der Waals surface area (Å²) in [5, 5.41) is 5.18. The molecule has 0 aliphatic carbocycles. The number of ether oxygens (including phenoxy) is 1. The van der Waals surface area contributed by atoms with Crippen LogP contribution in [0.5, 0.6) is 0 Å². The molecular formula is C26H26FN3O4. The summed E-state index contributed by atoms with van der Waals surface area (Å²) in [5.41, 5.74) is 1.96. The van der Waals surface area contributed by atoms with E-state index in [2.05, 4.69) is 15.6 Å². The molecule has 0 aliphatic rings. The number of ketones is 1. The van der Waals surface area contributed by atoms with Gasteiger partial charge in [-0.1, -0.05) is 48.5 Å². The van der Waals surface area contributed by atoms with Crippen LogP contribution in [-0.2, 0) is 38.7 Å². The Hall–Kier alpha value is -3.91. The van der Waals surface area contributed by atoms with Crippen molar-refractivity contribution in [3.63, 3.8) is 0 Å². The topological polar surface area (TPSA) is 97.4 Å². The molecule has 8 heteroatoms. The van der Waals surface area contributed by atoms with E-state index in [-0.39, 0.29) is 19.6 Å². The number of nitrogens with zero attached hydrogens (tertiary/aromatic N) is 1. The molecule has 2 amide bonds. The third-order valence-corrected chi connectivity index (χ3v) is 5.05. The van der Waals surface area contributed by atoms with Gasteiger partial charge < -0.3 is 15.4 Å². The number of pyridine rings is 1. The van der Waals surface area contributed by atoms with E-state index in [0.29, 0.717) is 11.3 Å². The lowest BCUT2D eigenvalue weighted by atomic mass is 10.0. The first kappa shape index (κ1) is 24.7. The highest BCUT2D eigenvalue weighted by atomic mass is 19.1. The number of carbonyl (C=O) groups is 3. The van der Waals surface area contributed by atoms with Crippen molar-refractivity contribution in [2.45, 2.75) is 38.6 Å². The molecule has 2 aromatic carbocycles. The fourth-order valence-electron chi connectivity index (χ4n) is 3.19. The predicted molar refractivity (Wildman–Crippen MR) is 124 cm³/mol. The zero-order valence-electron chi connectivity index (χ0n) is 18.7. The summed E-state index contributed by atoms with van der Waals surface area (Å²) in [7, 11) is 0. The second-order valence-electron chi connectivity index (χ2n) is 7.70. The van der Waals surface area contributed by atoms with Crippen LogP contribution in [-0.4, -0.2) is 34.7 Å².